The Morgan fingerprint density at radius 3 is 1.56 bits per heavy atom. The Labute approximate surface area is 210 Å². The normalized spacial score (nSPS) is 13.0. The van der Waals surface area contributed by atoms with E-state index < -0.39 is 17.4 Å². The van der Waals surface area contributed by atoms with Crippen molar-refractivity contribution in [2.24, 2.45) is 0 Å². The van der Waals surface area contributed by atoms with Crippen molar-refractivity contribution in [1.29, 1.82) is 0 Å². The lowest BCUT2D eigenvalue weighted by Gasteiger charge is -2.34. The molecule has 0 spiro atoms. The van der Waals surface area contributed by atoms with Crippen LogP contribution in [0, 0.1) is 0 Å². The smallest absolute Gasteiger partial charge is 0.335 e. The fourth-order valence-corrected chi connectivity index (χ4v) is 5.01. The summed E-state index contributed by atoms with van der Waals surface area (Å²) in [5.74, 6) is 0.00566. The van der Waals surface area contributed by atoms with Gasteiger partial charge in [0.1, 0.15) is 11.5 Å². The maximum absolute atomic E-state index is 11.9. The highest BCUT2D eigenvalue weighted by atomic mass is 16.5. The molecule has 4 heteroatoms. The summed E-state index contributed by atoms with van der Waals surface area (Å²) in [6, 6.07) is 32.0. The molecule has 4 aromatic rings. The molecule has 4 aromatic carbocycles. The lowest BCUT2D eigenvalue weighted by Crippen LogP contribution is -2.28. The van der Waals surface area contributed by atoms with Crippen molar-refractivity contribution in [1.82, 2.24) is 0 Å². The Morgan fingerprint density at radius 2 is 1.11 bits per heavy atom. The number of allylic oxidation sites excluding steroid dienone is 1. The number of benzene rings is 4. The molecule has 0 radical (unpaired) electrons. The molecule has 0 atom stereocenters. The number of rotatable bonds is 6. The van der Waals surface area contributed by atoms with Crippen LogP contribution in [0.3, 0.4) is 0 Å². The topological polar surface area (TPSA) is 52.6 Å². The highest BCUT2D eigenvalue weighted by Crippen LogP contribution is 2.56. The predicted molar refractivity (Wildman–Crippen MR) is 140 cm³/mol. The first-order chi connectivity index (χ1) is 17.6. The molecule has 1 aliphatic carbocycles. The minimum Gasteiger partial charge on any atom is -0.423 e. The van der Waals surface area contributed by atoms with Crippen LogP contribution in [0.15, 0.2) is 122 Å². The lowest BCUT2D eigenvalue weighted by atomic mass is 9.68. The number of hydrogen-bond donors (Lipinski definition) is 0. The Kier molecular flexibility index (Phi) is 6.09. The summed E-state index contributed by atoms with van der Waals surface area (Å²) in [4.78, 5) is 23.6. The third-order valence-corrected chi connectivity index (χ3v) is 6.43. The van der Waals surface area contributed by atoms with Gasteiger partial charge in [0.05, 0.1) is 5.41 Å². The van der Waals surface area contributed by atoms with Gasteiger partial charge in [0.25, 0.3) is 0 Å². The molecule has 0 aliphatic heterocycles. The monoisotopic (exact) mass is 472 g/mol. The molecule has 36 heavy (non-hydrogen) atoms. The van der Waals surface area contributed by atoms with Gasteiger partial charge >= 0.3 is 11.9 Å². The van der Waals surface area contributed by atoms with Gasteiger partial charge in [-0.25, -0.2) is 9.59 Å². The summed E-state index contributed by atoms with van der Waals surface area (Å²) in [5.41, 5.74) is 6.08. The largest absolute Gasteiger partial charge is 0.423 e. The van der Waals surface area contributed by atoms with Gasteiger partial charge in [0, 0.05) is 12.2 Å². The highest BCUT2D eigenvalue weighted by molar-refractivity contribution is 5.87. The van der Waals surface area contributed by atoms with Crippen LogP contribution < -0.4 is 9.47 Å². The van der Waals surface area contributed by atoms with Gasteiger partial charge in [0.15, 0.2) is 0 Å². The van der Waals surface area contributed by atoms with Crippen LogP contribution in [0.25, 0.3) is 11.1 Å². The summed E-state index contributed by atoms with van der Waals surface area (Å²) in [6.07, 6.45) is 4.18. The van der Waals surface area contributed by atoms with Gasteiger partial charge in [-0.3, -0.25) is 0 Å². The summed E-state index contributed by atoms with van der Waals surface area (Å²) in [5, 5.41) is 0. The molecule has 0 unspecified atom stereocenters. The quantitative estimate of drug-likeness (QED) is 0.158. The van der Waals surface area contributed by atoms with E-state index in [1.165, 1.54) is 17.2 Å². The number of hydrogen-bond acceptors (Lipinski definition) is 4. The van der Waals surface area contributed by atoms with Gasteiger partial charge in [-0.15, -0.1) is 0 Å². The van der Waals surface area contributed by atoms with Crippen LogP contribution in [-0.4, -0.2) is 11.9 Å². The second kappa shape index (κ2) is 9.51. The molecular formula is C32H24O4. The highest BCUT2D eigenvalue weighted by Gasteiger charge is 2.45. The van der Waals surface area contributed by atoms with E-state index in [0.717, 1.165) is 28.3 Å². The van der Waals surface area contributed by atoms with Crippen LogP contribution in [0.1, 0.15) is 29.2 Å². The molecule has 4 nitrogen and oxygen atoms in total. The van der Waals surface area contributed by atoms with Crippen molar-refractivity contribution < 1.29 is 19.1 Å². The van der Waals surface area contributed by atoms with Crippen molar-refractivity contribution in [3.8, 4) is 22.6 Å². The van der Waals surface area contributed by atoms with Crippen LogP contribution in [0.4, 0.5) is 0 Å². The first-order valence-corrected chi connectivity index (χ1v) is 11.7. The first kappa shape index (κ1) is 23.1. The lowest BCUT2D eigenvalue weighted by molar-refractivity contribution is -0.129. The van der Waals surface area contributed by atoms with Gasteiger partial charge in [0.2, 0.25) is 0 Å². The molecule has 0 saturated heterocycles. The molecule has 0 heterocycles. The third-order valence-electron chi connectivity index (χ3n) is 6.43. The Hall–Kier alpha value is -4.70. The standard InChI is InChI=1S/C32H24O4/c1-3-9-31(34)36-25-20-16-23(17-21-25)32(22-14-18-24(19-15-22)35-30(33)4-2)28-12-7-5-10-26(28)27-11-6-8-13-29(27)32/h3-21H,2H2,1H3. The maximum atomic E-state index is 11.9. The molecule has 176 valence electrons. The van der Waals surface area contributed by atoms with E-state index in [-0.39, 0.29) is 0 Å². The molecule has 0 N–H and O–H groups in total. The zero-order valence-corrected chi connectivity index (χ0v) is 19.8. The summed E-state index contributed by atoms with van der Waals surface area (Å²) < 4.78 is 10.8. The van der Waals surface area contributed by atoms with Crippen LogP contribution in [0.5, 0.6) is 11.5 Å². The van der Waals surface area contributed by atoms with Gasteiger partial charge in [-0.1, -0.05) is 85.5 Å². The van der Waals surface area contributed by atoms with Gasteiger partial charge in [-0.05, 0) is 64.6 Å². The zero-order chi connectivity index (χ0) is 25.1. The average Bonchev–Trinajstić information content (AvgIpc) is 3.21. The number of esters is 2. The van der Waals surface area contributed by atoms with E-state index in [9.17, 15) is 9.59 Å². The zero-order valence-electron chi connectivity index (χ0n) is 19.8. The van der Waals surface area contributed by atoms with Crippen molar-refractivity contribution in [2.75, 3.05) is 0 Å². The third kappa shape index (κ3) is 3.83. The van der Waals surface area contributed by atoms with E-state index >= 15 is 0 Å². The maximum Gasteiger partial charge on any atom is 0.335 e. The van der Waals surface area contributed by atoms with Crippen LogP contribution in [0.2, 0.25) is 0 Å². The Bertz CT molecular complexity index is 1430. The number of fused-ring (bicyclic) bond motifs is 3. The average molecular weight is 473 g/mol. The van der Waals surface area contributed by atoms with Crippen molar-refractivity contribution in [3.63, 3.8) is 0 Å². The van der Waals surface area contributed by atoms with Gasteiger partial charge in [-0.2, -0.15) is 0 Å². The molecule has 5 rings (SSSR count). The number of ether oxygens (including phenoxy) is 2. The molecule has 0 amide bonds. The van der Waals surface area contributed by atoms with E-state index in [1.54, 1.807) is 25.1 Å². The van der Waals surface area contributed by atoms with Crippen molar-refractivity contribution in [3.05, 3.63) is 144 Å². The molecule has 1 aliphatic rings. The summed E-state index contributed by atoms with van der Waals surface area (Å²) >= 11 is 0. The fraction of sp³-hybridized carbons (Fsp3) is 0.0625. The molecule has 0 aromatic heterocycles. The SMILES string of the molecule is C=CC(=O)Oc1ccc(C2(c3ccc(OC(=O)C=CC)cc3)c3ccccc3-c3ccccc32)cc1. The summed E-state index contributed by atoms with van der Waals surface area (Å²) in [6.45, 7) is 5.23. The molecule has 0 saturated carbocycles. The van der Waals surface area contributed by atoms with E-state index in [2.05, 4.69) is 30.8 Å². The number of carbonyl (C=O) groups excluding carboxylic acids is 2. The first-order valence-electron chi connectivity index (χ1n) is 11.7. The Balaban J connectivity index is 1.70. The van der Waals surface area contributed by atoms with Gasteiger partial charge < -0.3 is 9.47 Å². The Morgan fingerprint density at radius 1 is 0.667 bits per heavy atom. The van der Waals surface area contributed by atoms with E-state index in [1.807, 2.05) is 60.7 Å². The molecule has 0 bridgehead atoms. The minimum absolute atomic E-state index is 0.416. The van der Waals surface area contributed by atoms with Crippen LogP contribution in [-0.2, 0) is 15.0 Å². The molecule has 0 fully saturated rings. The van der Waals surface area contributed by atoms with E-state index in [4.69, 9.17) is 9.47 Å². The van der Waals surface area contributed by atoms with Crippen molar-refractivity contribution >= 4 is 11.9 Å². The van der Waals surface area contributed by atoms with E-state index in [0.29, 0.717) is 11.5 Å². The molecular weight excluding hydrogens is 448 g/mol. The number of carbonyl (C=O) groups is 2. The fourth-order valence-electron chi connectivity index (χ4n) is 5.01. The second-order valence-corrected chi connectivity index (χ2v) is 8.44. The van der Waals surface area contributed by atoms with Crippen molar-refractivity contribution in [2.45, 2.75) is 12.3 Å². The van der Waals surface area contributed by atoms with Crippen LogP contribution >= 0.6 is 0 Å². The second-order valence-electron chi connectivity index (χ2n) is 8.44. The summed E-state index contributed by atoms with van der Waals surface area (Å²) in [7, 11) is 0. The predicted octanol–water partition coefficient (Wildman–Crippen LogP) is 6.62. The minimum atomic E-state index is -0.611.